The summed E-state index contributed by atoms with van der Waals surface area (Å²) < 4.78 is 0. The van der Waals surface area contributed by atoms with E-state index in [4.69, 9.17) is 0 Å². The molecular formula is C6H8N3. The molecule has 1 unspecified atom stereocenters. The maximum absolute atomic E-state index is 3.08. The number of hydrazine groups is 1. The van der Waals surface area contributed by atoms with E-state index in [0.717, 1.165) is 6.54 Å². The number of fused-ring (bicyclic) bond motifs is 1. The molecule has 0 fully saturated rings. The number of nitrogens with zero attached hydrogens (tertiary/aromatic N) is 1. The van der Waals surface area contributed by atoms with Crippen molar-refractivity contribution in [3.63, 3.8) is 0 Å². The predicted molar refractivity (Wildman–Crippen MR) is 33.7 cm³/mol. The molecule has 0 amide bonds. The fourth-order valence-electron chi connectivity index (χ4n) is 0.995. The Kier molecular flexibility index (Phi) is 0.960. The van der Waals surface area contributed by atoms with Crippen LogP contribution < -0.4 is 10.7 Å². The van der Waals surface area contributed by atoms with Crippen molar-refractivity contribution in [2.24, 2.45) is 0 Å². The number of nitrogens with one attached hydrogen (secondary N) is 2. The van der Waals surface area contributed by atoms with Gasteiger partial charge in [0.15, 0.2) is 0 Å². The van der Waals surface area contributed by atoms with E-state index in [0.29, 0.717) is 6.17 Å². The van der Waals surface area contributed by atoms with Gasteiger partial charge in [0.05, 0.1) is 6.20 Å². The summed E-state index contributed by atoms with van der Waals surface area (Å²) in [6, 6.07) is 0. The van der Waals surface area contributed by atoms with E-state index in [1.807, 2.05) is 12.3 Å². The lowest BCUT2D eigenvalue weighted by molar-refractivity contribution is 0.195. The van der Waals surface area contributed by atoms with Crippen LogP contribution in [-0.4, -0.2) is 17.7 Å². The lowest BCUT2D eigenvalue weighted by atomic mass is 10.4. The first-order chi connectivity index (χ1) is 4.47. The largest absolute Gasteiger partial charge is 0.364 e. The lowest BCUT2D eigenvalue weighted by Gasteiger charge is -2.25. The van der Waals surface area contributed by atoms with Gasteiger partial charge in [-0.15, -0.1) is 0 Å². The standard InChI is InChI=1S/C6H8N3/c1-3-7-6-2-4-8-9(6)5-1/h1-2,4,6-8H,5H2. The molecule has 2 N–H and O–H groups in total. The van der Waals surface area contributed by atoms with Crippen molar-refractivity contribution in [3.8, 4) is 0 Å². The summed E-state index contributed by atoms with van der Waals surface area (Å²) >= 11 is 0. The molecular weight excluding hydrogens is 114 g/mol. The Bertz CT molecular complexity index is 162. The second kappa shape index (κ2) is 1.77. The molecule has 0 spiro atoms. The molecule has 2 aliphatic heterocycles. The van der Waals surface area contributed by atoms with Crippen LogP contribution in [0.15, 0.2) is 18.4 Å². The van der Waals surface area contributed by atoms with Crippen LogP contribution in [0.3, 0.4) is 0 Å². The SMILES string of the molecule is [C]1=CCN2NC=CC2N1. The average Bonchev–Trinajstić information content (AvgIpc) is 2.33. The van der Waals surface area contributed by atoms with Crippen molar-refractivity contribution in [1.82, 2.24) is 15.8 Å². The minimum Gasteiger partial charge on any atom is -0.364 e. The van der Waals surface area contributed by atoms with Gasteiger partial charge in [0, 0.05) is 12.7 Å². The molecule has 3 heteroatoms. The molecule has 0 saturated heterocycles. The Balaban J connectivity index is 2.13. The lowest BCUT2D eigenvalue weighted by Crippen LogP contribution is -2.46. The normalized spacial score (nSPS) is 31.3. The van der Waals surface area contributed by atoms with E-state index in [9.17, 15) is 0 Å². The molecule has 0 bridgehead atoms. The molecule has 0 aliphatic carbocycles. The van der Waals surface area contributed by atoms with Crippen molar-refractivity contribution < 1.29 is 0 Å². The smallest absolute Gasteiger partial charge is 0.118 e. The van der Waals surface area contributed by atoms with Gasteiger partial charge in [0.1, 0.15) is 6.17 Å². The van der Waals surface area contributed by atoms with Gasteiger partial charge in [0.2, 0.25) is 0 Å². The third-order valence-corrected chi connectivity index (χ3v) is 1.48. The zero-order valence-corrected chi connectivity index (χ0v) is 4.96. The first kappa shape index (κ1) is 4.88. The minimum atomic E-state index is 0.315. The molecule has 47 valence electrons. The van der Waals surface area contributed by atoms with E-state index in [2.05, 4.69) is 28.0 Å². The third-order valence-electron chi connectivity index (χ3n) is 1.48. The second-order valence-electron chi connectivity index (χ2n) is 2.08. The average molecular weight is 122 g/mol. The molecule has 1 radical (unpaired) electrons. The maximum atomic E-state index is 3.08. The van der Waals surface area contributed by atoms with Crippen molar-refractivity contribution in [3.05, 3.63) is 24.6 Å². The fourth-order valence-corrected chi connectivity index (χ4v) is 0.995. The highest BCUT2D eigenvalue weighted by atomic mass is 15.6. The van der Waals surface area contributed by atoms with Gasteiger partial charge >= 0.3 is 0 Å². The first-order valence-electron chi connectivity index (χ1n) is 2.99. The summed E-state index contributed by atoms with van der Waals surface area (Å²) in [7, 11) is 0. The van der Waals surface area contributed by atoms with E-state index < -0.39 is 0 Å². The van der Waals surface area contributed by atoms with E-state index in [1.54, 1.807) is 0 Å². The molecule has 2 heterocycles. The summed E-state index contributed by atoms with van der Waals surface area (Å²) in [6.45, 7) is 0.921. The van der Waals surface area contributed by atoms with Gasteiger partial charge < -0.3 is 10.7 Å². The summed E-state index contributed by atoms with van der Waals surface area (Å²) in [5.74, 6) is 0. The van der Waals surface area contributed by atoms with Crippen LogP contribution in [0.25, 0.3) is 0 Å². The Morgan fingerprint density at radius 3 is 3.56 bits per heavy atom. The quantitative estimate of drug-likeness (QED) is 0.456. The zero-order chi connectivity index (χ0) is 6.10. The van der Waals surface area contributed by atoms with Crippen LogP contribution in [-0.2, 0) is 0 Å². The van der Waals surface area contributed by atoms with Gasteiger partial charge in [-0.25, -0.2) is 0 Å². The number of rotatable bonds is 0. The Labute approximate surface area is 54.0 Å². The number of hydrogen-bond acceptors (Lipinski definition) is 3. The van der Waals surface area contributed by atoms with Crippen molar-refractivity contribution in [1.29, 1.82) is 0 Å². The summed E-state index contributed by atoms with van der Waals surface area (Å²) in [5.41, 5.74) is 3.08. The summed E-state index contributed by atoms with van der Waals surface area (Å²) in [6.07, 6.45) is 9.20. The molecule has 2 rings (SSSR count). The van der Waals surface area contributed by atoms with Gasteiger partial charge in [-0.1, -0.05) is 0 Å². The topological polar surface area (TPSA) is 27.3 Å². The zero-order valence-electron chi connectivity index (χ0n) is 4.96. The highest BCUT2D eigenvalue weighted by Gasteiger charge is 2.18. The Morgan fingerprint density at radius 2 is 2.67 bits per heavy atom. The molecule has 1 atom stereocenters. The minimum absolute atomic E-state index is 0.315. The molecule has 0 saturated carbocycles. The highest BCUT2D eigenvalue weighted by Crippen LogP contribution is 2.03. The third kappa shape index (κ3) is 0.695. The van der Waals surface area contributed by atoms with Crippen LogP contribution in [0.1, 0.15) is 0 Å². The van der Waals surface area contributed by atoms with Crippen molar-refractivity contribution in [2.45, 2.75) is 6.17 Å². The Morgan fingerprint density at radius 1 is 1.67 bits per heavy atom. The second-order valence-corrected chi connectivity index (χ2v) is 2.08. The monoisotopic (exact) mass is 122 g/mol. The number of hydrogen-bond donors (Lipinski definition) is 2. The molecule has 3 nitrogen and oxygen atoms in total. The van der Waals surface area contributed by atoms with Gasteiger partial charge in [-0.05, 0) is 12.2 Å². The van der Waals surface area contributed by atoms with Crippen LogP contribution in [0.4, 0.5) is 0 Å². The van der Waals surface area contributed by atoms with Crippen LogP contribution in [0.2, 0.25) is 0 Å². The predicted octanol–water partition coefficient (Wildman–Crippen LogP) is -0.434. The molecule has 0 aromatic heterocycles. The van der Waals surface area contributed by atoms with E-state index in [-0.39, 0.29) is 0 Å². The maximum Gasteiger partial charge on any atom is 0.118 e. The summed E-state index contributed by atoms with van der Waals surface area (Å²) in [5, 5.41) is 5.13. The van der Waals surface area contributed by atoms with Crippen LogP contribution in [0, 0.1) is 6.20 Å². The van der Waals surface area contributed by atoms with Gasteiger partial charge in [-0.3, -0.25) is 0 Å². The van der Waals surface area contributed by atoms with Crippen LogP contribution in [0.5, 0.6) is 0 Å². The van der Waals surface area contributed by atoms with Gasteiger partial charge in [0.25, 0.3) is 0 Å². The molecule has 9 heavy (non-hydrogen) atoms. The Hall–Kier alpha value is -0.960. The van der Waals surface area contributed by atoms with E-state index in [1.165, 1.54) is 0 Å². The molecule has 2 aliphatic rings. The van der Waals surface area contributed by atoms with Gasteiger partial charge in [-0.2, -0.15) is 5.01 Å². The molecule has 0 aromatic carbocycles. The van der Waals surface area contributed by atoms with Crippen LogP contribution >= 0.6 is 0 Å². The molecule has 0 aromatic rings. The van der Waals surface area contributed by atoms with E-state index >= 15 is 0 Å². The first-order valence-corrected chi connectivity index (χ1v) is 2.99. The summed E-state index contributed by atoms with van der Waals surface area (Å²) in [4.78, 5) is 0. The van der Waals surface area contributed by atoms with Crippen molar-refractivity contribution in [2.75, 3.05) is 6.54 Å². The highest BCUT2D eigenvalue weighted by molar-refractivity contribution is 5.02. The van der Waals surface area contributed by atoms with Crippen molar-refractivity contribution >= 4 is 0 Å². The fraction of sp³-hybridized carbons (Fsp3) is 0.333.